The van der Waals surface area contributed by atoms with Crippen LogP contribution < -0.4 is 11.5 Å². The van der Waals surface area contributed by atoms with Crippen molar-refractivity contribution >= 4 is 52.8 Å². The highest BCUT2D eigenvalue weighted by molar-refractivity contribution is 7.71. The molecule has 3 unspecified atom stereocenters. The number of nitrogen functional groups attached to an aromatic ring is 1. The van der Waals surface area contributed by atoms with E-state index >= 15 is 0 Å². The normalized spacial score (nSPS) is 28.3. The van der Waals surface area contributed by atoms with Gasteiger partial charge in [-0.2, -0.15) is 8.62 Å². The first-order valence-electron chi connectivity index (χ1n) is 9.62. The van der Waals surface area contributed by atoms with Crippen LogP contribution in [-0.2, 0) is 31.6 Å². The third-order valence-electron chi connectivity index (χ3n) is 4.76. The second kappa shape index (κ2) is 10.5. The molecular weight excluding hydrogens is 588 g/mol. The van der Waals surface area contributed by atoms with Crippen molar-refractivity contribution in [3.8, 4) is 11.8 Å². The number of hydrogen-bond donors (Lipinski definition) is 8. The Balaban J connectivity index is 1.95. The number of hydrogen-bond acceptors (Lipinski definition) is 13. The van der Waals surface area contributed by atoms with Crippen LogP contribution in [0.1, 0.15) is 13.2 Å². The Morgan fingerprint density at radius 1 is 1.32 bits per heavy atom. The van der Waals surface area contributed by atoms with Gasteiger partial charge >= 0.3 is 23.5 Å². The molecule has 3 heterocycles. The molecule has 0 aromatic carbocycles. The number of fused-ring (bicyclic) bond motifs is 1. The largest absolute Gasteiger partial charge is 0.490 e. The van der Waals surface area contributed by atoms with Gasteiger partial charge in [0.15, 0.2) is 22.4 Å². The monoisotopic (exact) mass is 608 g/mol. The highest BCUT2D eigenvalue weighted by Crippen LogP contribution is 2.66. The first kappa shape index (κ1) is 29.9. The van der Waals surface area contributed by atoms with E-state index in [-0.39, 0.29) is 21.8 Å². The third kappa shape index (κ3) is 6.68. The smallest absolute Gasteiger partial charge is 0.387 e. The van der Waals surface area contributed by atoms with Gasteiger partial charge in [-0.15, -0.1) is 0 Å². The molecule has 1 saturated heterocycles. The topological polar surface area (TPSA) is 288 Å². The molecule has 2 aromatic rings. The van der Waals surface area contributed by atoms with Crippen LogP contribution in [0.3, 0.4) is 0 Å². The van der Waals surface area contributed by atoms with E-state index in [0.717, 1.165) is 6.92 Å². The number of H-pyrrole nitrogens is 1. The third-order valence-corrected chi connectivity index (χ3v) is 8.97. The minimum absolute atomic E-state index is 0.00131. The number of phosphoric acid groups is 3. The van der Waals surface area contributed by atoms with Crippen LogP contribution in [0.2, 0.25) is 0 Å². The van der Waals surface area contributed by atoms with Crippen LogP contribution in [0.15, 0.2) is 6.33 Å². The fraction of sp³-hybridized carbons (Fsp3) is 0.500. The maximum absolute atomic E-state index is 12.9. The summed E-state index contributed by atoms with van der Waals surface area (Å²) in [5.41, 5.74) is 10.1. The zero-order valence-electron chi connectivity index (χ0n) is 18.3. The number of aliphatic hydroxyl groups excluding tert-OH is 1. The summed E-state index contributed by atoms with van der Waals surface area (Å²) in [7, 11) is -17.0. The molecule has 2 aromatic heterocycles. The zero-order chi connectivity index (χ0) is 28.0. The van der Waals surface area contributed by atoms with Gasteiger partial charge in [-0.3, -0.25) is 9.09 Å². The number of imidazole rings is 1. The number of nitrogens with one attached hydrogen (secondary N) is 1. The Bertz CT molecular complexity index is 1460. The van der Waals surface area contributed by atoms with Crippen LogP contribution in [0, 0.1) is 16.5 Å². The van der Waals surface area contributed by atoms with Crippen molar-refractivity contribution in [2.24, 2.45) is 5.73 Å². The molecule has 10 N–H and O–H groups in total. The summed E-state index contributed by atoms with van der Waals surface area (Å²) in [4.78, 5) is 47.0. The lowest BCUT2D eigenvalue weighted by molar-refractivity contribution is -0.0733. The molecule has 0 saturated carbocycles. The summed E-state index contributed by atoms with van der Waals surface area (Å²) in [6.07, 6.45) is -5.48. The summed E-state index contributed by atoms with van der Waals surface area (Å²) in [6.45, 7) is -0.108. The van der Waals surface area contributed by atoms with E-state index in [9.17, 15) is 33.0 Å². The van der Waals surface area contributed by atoms with E-state index in [0.29, 0.717) is 0 Å². The number of phosphoric ester groups is 1. The number of alkyl halides is 1. The number of aliphatic hydroxyl groups is 1. The fourth-order valence-electron chi connectivity index (χ4n) is 3.44. The summed E-state index contributed by atoms with van der Waals surface area (Å²) in [6, 6.07) is 0. The molecule has 1 aliphatic rings. The predicted octanol–water partition coefficient (Wildman–Crippen LogP) is -0.268. The molecular formula is C14H20FN6O12P3S. The quantitative estimate of drug-likeness (QED) is 0.109. The molecule has 0 radical (unpaired) electrons. The van der Waals surface area contributed by atoms with E-state index in [1.807, 2.05) is 0 Å². The standard InChI is InChI=1S/C14H20FN6O12P3S/c1-6(31-35(26,27)33-36(28,29)32-34(23,24)25)8-9(22)14(17,3-2-4-15)12(30-8)21-5-18-7-10(21)19-13(16)20-11(7)37/h5-6,8-9,12,22H,4,17H2,1H3,(H,26,27)(H,28,29)(H2,23,24,25)(H3,16,19,20,37)/t6-,8-,9+,12-,14?/m1/s1. The molecule has 23 heteroatoms. The van der Waals surface area contributed by atoms with Gasteiger partial charge < -0.3 is 45.9 Å². The Morgan fingerprint density at radius 2 is 1.97 bits per heavy atom. The Hall–Kier alpha value is -1.65. The minimum atomic E-state index is -5.80. The maximum Gasteiger partial charge on any atom is 0.490 e. The van der Waals surface area contributed by atoms with E-state index in [4.69, 9.17) is 42.7 Å². The predicted molar refractivity (Wildman–Crippen MR) is 122 cm³/mol. The lowest BCUT2D eigenvalue weighted by Crippen LogP contribution is -2.54. The summed E-state index contributed by atoms with van der Waals surface area (Å²) < 4.78 is 66.5. The zero-order valence-corrected chi connectivity index (χ0v) is 21.8. The van der Waals surface area contributed by atoms with E-state index in [2.05, 4.69) is 35.4 Å². The van der Waals surface area contributed by atoms with E-state index in [1.54, 1.807) is 0 Å². The van der Waals surface area contributed by atoms with Gasteiger partial charge in [0.1, 0.15) is 30.0 Å². The maximum atomic E-state index is 12.9. The average molecular weight is 608 g/mol. The van der Waals surface area contributed by atoms with Crippen molar-refractivity contribution in [1.82, 2.24) is 19.5 Å². The Morgan fingerprint density at radius 3 is 2.57 bits per heavy atom. The van der Waals surface area contributed by atoms with Gasteiger partial charge in [0.25, 0.3) is 0 Å². The van der Waals surface area contributed by atoms with E-state index < -0.39 is 60.2 Å². The highest BCUT2D eigenvalue weighted by Gasteiger charge is 2.57. The molecule has 1 fully saturated rings. The minimum Gasteiger partial charge on any atom is -0.387 e. The molecule has 7 atom stereocenters. The number of halogens is 1. The number of nitrogens with two attached hydrogens (primary N) is 2. The van der Waals surface area contributed by atoms with Crippen molar-refractivity contribution in [3.05, 3.63) is 11.0 Å². The van der Waals surface area contributed by atoms with Crippen molar-refractivity contribution in [2.45, 2.75) is 37.0 Å². The van der Waals surface area contributed by atoms with Gasteiger partial charge in [0, 0.05) is 0 Å². The number of anilines is 1. The molecule has 1 aliphatic heterocycles. The fourth-order valence-corrected chi connectivity index (χ4v) is 6.89. The second-order valence-electron chi connectivity index (χ2n) is 7.44. The summed E-state index contributed by atoms with van der Waals surface area (Å²) >= 11 is 5.10. The van der Waals surface area contributed by atoms with Gasteiger partial charge in [-0.05, 0) is 6.92 Å². The number of rotatable bonds is 8. The second-order valence-corrected chi connectivity index (χ2v) is 12.2. The molecule has 18 nitrogen and oxygen atoms in total. The molecule has 3 rings (SSSR count). The van der Waals surface area contributed by atoms with Crippen LogP contribution in [0.25, 0.3) is 11.2 Å². The number of ether oxygens (including phenoxy) is 1. The van der Waals surface area contributed by atoms with Gasteiger partial charge in [0.2, 0.25) is 0 Å². The molecule has 0 spiro atoms. The first-order valence-corrected chi connectivity index (χ1v) is 14.5. The molecule has 37 heavy (non-hydrogen) atoms. The number of nitrogens with zero attached hydrogens (tertiary/aromatic N) is 3. The lowest BCUT2D eigenvalue weighted by atomic mass is 9.90. The number of aromatic nitrogens is 4. The SMILES string of the molecule is C[C@@H](OP(=O)(O)OP(=O)(O)OP(=O)(O)O)[C@H]1O[C@@H](n2cnc3c(=S)nc(N)[nH]c32)C(N)(C#CCF)[C@H]1O. The number of aromatic amines is 1. The van der Waals surface area contributed by atoms with Gasteiger partial charge in [-0.1, -0.05) is 24.1 Å². The van der Waals surface area contributed by atoms with Crippen molar-refractivity contribution < 1.29 is 60.6 Å². The van der Waals surface area contributed by atoms with E-state index in [1.165, 1.54) is 10.9 Å². The lowest BCUT2D eigenvalue weighted by Gasteiger charge is -2.28. The highest BCUT2D eigenvalue weighted by atomic mass is 32.1. The van der Waals surface area contributed by atoms with Gasteiger partial charge in [-0.25, -0.2) is 28.1 Å². The van der Waals surface area contributed by atoms with Crippen LogP contribution in [-0.4, -0.2) is 74.7 Å². The van der Waals surface area contributed by atoms with Crippen molar-refractivity contribution in [1.29, 1.82) is 0 Å². The molecule has 0 aliphatic carbocycles. The Labute approximate surface area is 211 Å². The van der Waals surface area contributed by atoms with Crippen molar-refractivity contribution in [2.75, 3.05) is 12.4 Å². The molecule has 0 bridgehead atoms. The van der Waals surface area contributed by atoms with Crippen LogP contribution in [0.4, 0.5) is 10.3 Å². The molecule has 0 amide bonds. The summed E-state index contributed by atoms with van der Waals surface area (Å²) in [5, 5.41) is 10.9. The molecule has 206 valence electrons. The summed E-state index contributed by atoms with van der Waals surface area (Å²) in [5.74, 6) is 4.29. The van der Waals surface area contributed by atoms with Gasteiger partial charge in [0.05, 0.1) is 12.4 Å². The Kier molecular flexibility index (Phi) is 8.48. The first-order chi connectivity index (χ1) is 16.9. The average Bonchev–Trinajstić information content (AvgIpc) is 3.23. The van der Waals surface area contributed by atoms with Crippen molar-refractivity contribution in [3.63, 3.8) is 0 Å². The van der Waals surface area contributed by atoms with Crippen LogP contribution in [0.5, 0.6) is 0 Å². The van der Waals surface area contributed by atoms with Crippen LogP contribution >= 0.6 is 35.7 Å².